The second-order valence-corrected chi connectivity index (χ2v) is 7.88. The lowest BCUT2D eigenvalue weighted by Crippen LogP contribution is -2.39. The highest BCUT2D eigenvalue weighted by molar-refractivity contribution is 6.48. The molecule has 2 heterocycles. The van der Waals surface area contributed by atoms with E-state index in [-0.39, 0.29) is 0 Å². The van der Waals surface area contributed by atoms with Crippen molar-refractivity contribution in [3.8, 4) is 17.6 Å². The second-order valence-electron chi connectivity index (χ2n) is 7.88. The van der Waals surface area contributed by atoms with Crippen LogP contribution in [0.1, 0.15) is 25.0 Å². The third kappa shape index (κ3) is 4.91. The van der Waals surface area contributed by atoms with Crippen LogP contribution in [0.3, 0.4) is 0 Å². The molecule has 9 nitrogen and oxygen atoms in total. The average molecular weight is 459 g/mol. The highest BCUT2D eigenvalue weighted by Gasteiger charge is 2.32. The fourth-order valence-corrected chi connectivity index (χ4v) is 3.66. The molecule has 0 fully saturated rings. The Balaban J connectivity index is 1.45. The summed E-state index contributed by atoms with van der Waals surface area (Å²) >= 11 is 0. The summed E-state index contributed by atoms with van der Waals surface area (Å²) in [6.07, 6.45) is 0.432. The Bertz CT molecular complexity index is 1250. The average Bonchev–Trinajstić information content (AvgIpc) is 3.30. The molecule has 9 heteroatoms. The van der Waals surface area contributed by atoms with Gasteiger partial charge in [-0.05, 0) is 65.3 Å². The normalized spacial score (nSPS) is 13.4. The lowest BCUT2D eigenvalue weighted by molar-refractivity contribution is -0.758. The minimum Gasteiger partial charge on any atom is -0.497 e. The zero-order valence-corrected chi connectivity index (χ0v) is 19.9. The van der Waals surface area contributed by atoms with E-state index in [2.05, 4.69) is 21.1 Å². The molecule has 2 aromatic carbocycles. The van der Waals surface area contributed by atoms with Crippen LogP contribution in [0.25, 0.3) is 0 Å². The van der Waals surface area contributed by atoms with Gasteiger partial charge in [0.15, 0.2) is 11.4 Å². The van der Waals surface area contributed by atoms with Crippen molar-refractivity contribution >= 4 is 22.8 Å². The number of rotatable bonds is 9. The Kier molecular flexibility index (Phi) is 6.87. The first kappa shape index (κ1) is 23.0. The maximum atomic E-state index is 9.09. The number of nitriles is 1. The SMILES string of the molecule is COc1ccc(OCCN(CCC#N)c2ccc(N=C3C(C)=Nn4c3nc(C)[n+]4C)cc2)cc1. The van der Waals surface area contributed by atoms with Crippen LogP contribution in [0.15, 0.2) is 58.6 Å². The standard InChI is InChI=1S/C25H28N7O2/c1-18-24(25-27-19(2)30(3)32(25)29-18)28-20-6-8-21(9-7-20)31(15-5-14-26)16-17-34-23-12-10-22(33-4)11-13-23/h6-13H,5,15-17H2,1-4H3/q+1. The van der Waals surface area contributed by atoms with Crippen LogP contribution in [0, 0.1) is 18.3 Å². The van der Waals surface area contributed by atoms with Gasteiger partial charge in [-0.1, -0.05) is 4.98 Å². The summed E-state index contributed by atoms with van der Waals surface area (Å²) in [6.45, 7) is 5.65. The van der Waals surface area contributed by atoms with E-state index < -0.39 is 0 Å². The molecule has 0 amide bonds. The molecular formula is C25H28N7O2+. The molecule has 0 aliphatic carbocycles. The van der Waals surface area contributed by atoms with E-state index in [1.165, 1.54) is 0 Å². The molecule has 1 aliphatic heterocycles. The largest absolute Gasteiger partial charge is 0.497 e. The van der Waals surface area contributed by atoms with E-state index in [1.807, 2.05) is 74.1 Å². The monoisotopic (exact) mass is 458 g/mol. The summed E-state index contributed by atoms with van der Waals surface area (Å²) in [5.74, 6) is 3.19. The van der Waals surface area contributed by atoms with E-state index in [0.717, 1.165) is 45.9 Å². The quantitative estimate of drug-likeness (QED) is 0.459. The van der Waals surface area contributed by atoms with Crippen LogP contribution in [0.4, 0.5) is 11.4 Å². The number of aryl methyl sites for hydroxylation is 1. The summed E-state index contributed by atoms with van der Waals surface area (Å²) in [6, 6.07) is 17.7. The zero-order chi connectivity index (χ0) is 24.1. The van der Waals surface area contributed by atoms with Crippen LogP contribution in [0.2, 0.25) is 0 Å². The van der Waals surface area contributed by atoms with Crippen LogP contribution >= 0.6 is 0 Å². The van der Waals surface area contributed by atoms with Crippen molar-refractivity contribution in [3.63, 3.8) is 0 Å². The molecule has 0 N–H and O–H groups in total. The van der Waals surface area contributed by atoms with E-state index in [0.29, 0.717) is 26.1 Å². The van der Waals surface area contributed by atoms with Crippen molar-refractivity contribution in [1.29, 1.82) is 5.26 Å². The van der Waals surface area contributed by atoms with Crippen LogP contribution in [-0.2, 0) is 7.05 Å². The van der Waals surface area contributed by atoms with Gasteiger partial charge in [-0.3, -0.25) is 0 Å². The Morgan fingerprint density at radius 2 is 1.76 bits per heavy atom. The van der Waals surface area contributed by atoms with Crippen molar-refractivity contribution in [2.45, 2.75) is 20.3 Å². The van der Waals surface area contributed by atoms with E-state index in [4.69, 9.17) is 19.7 Å². The molecule has 1 aromatic heterocycles. The Morgan fingerprint density at radius 1 is 1.06 bits per heavy atom. The maximum absolute atomic E-state index is 9.09. The summed E-state index contributed by atoms with van der Waals surface area (Å²) in [5.41, 5.74) is 3.43. The van der Waals surface area contributed by atoms with Gasteiger partial charge < -0.3 is 14.4 Å². The third-order valence-electron chi connectivity index (χ3n) is 5.65. The van der Waals surface area contributed by atoms with Crippen molar-refractivity contribution in [3.05, 3.63) is 60.2 Å². The fraction of sp³-hybridized carbons (Fsp3) is 0.320. The highest BCUT2D eigenvalue weighted by Crippen LogP contribution is 2.23. The molecular weight excluding hydrogens is 430 g/mol. The van der Waals surface area contributed by atoms with Gasteiger partial charge in [-0.25, -0.2) is 4.99 Å². The molecule has 0 bridgehead atoms. The molecule has 0 radical (unpaired) electrons. The van der Waals surface area contributed by atoms with Crippen molar-refractivity contribution in [2.75, 3.05) is 31.7 Å². The first-order valence-electron chi connectivity index (χ1n) is 11.1. The van der Waals surface area contributed by atoms with E-state index >= 15 is 0 Å². The summed E-state index contributed by atoms with van der Waals surface area (Å²) < 4.78 is 13.0. The third-order valence-corrected chi connectivity index (χ3v) is 5.65. The fourth-order valence-electron chi connectivity index (χ4n) is 3.66. The lowest BCUT2D eigenvalue weighted by Gasteiger charge is -2.24. The van der Waals surface area contributed by atoms with Crippen LogP contribution in [-0.4, -0.2) is 48.0 Å². The van der Waals surface area contributed by atoms with Crippen molar-refractivity contribution < 1.29 is 14.2 Å². The van der Waals surface area contributed by atoms with E-state index in [1.54, 1.807) is 11.9 Å². The second kappa shape index (κ2) is 10.2. The number of fused-ring (bicyclic) bond motifs is 1. The number of methoxy groups -OCH3 is 1. The van der Waals surface area contributed by atoms with Crippen LogP contribution < -0.4 is 19.1 Å². The van der Waals surface area contributed by atoms with Gasteiger partial charge >= 0.3 is 5.82 Å². The van der Waals surface area contributed by atoms with Gasteiger partial charge in [0.1, 0.15) is 18.1 Å². The minimum atomic E-state index is 0.432. The molecule has 0 saturated carbocycles. The molecule has 0 saturated heterocycles. The number of ether oxygens (including phenoxy) is 2. The number of aromatic nitrogens is 3. The van der Waals surface area contributed by atoms with Gasteiger partial charge in [0.25, 0.3) is 5.82 Å². The molecule has 1 aliphatic rings. The van der Waals surface area contributed by atoms with Gasteiger partial charge in [-0.15, -0.1) is 0 Å². The smallest absolute Gasteiger partial charge is 0.303 e. The molecule has 0 spiro atoms. The Hall–Kier alpha value is -4.19. The highest BCUT2D eigenvalue weighted by atomic mass is 16.5. The number of aliphatic imine (C=N–C) groups is 1. The first-order chi connectivity index (χ1) is 16.5. The lowest BCUT2D eigenvalue weighted by atomic mass is 10.2. The number of hydrogen-bond acceptors (Lipinski definition) is 7. The summed E-state index contributed by atoms with van der Waals surface area (Å²) in [5, 5.41) is 13.6. The zero-order valence-electron chi connectivity index (χ0n) is 19.9. The Labute approximate surface area is 199 Å². The number of benzene rings is 2. The van der Waals surface area contributed by atoms with E-state index in [9.17, 15) is 0 Å². The molecule has 4 rings (SSSR count). The molecule has 174 valence electrons. The number of anilines is 1. The minimum absolute atomic E-state index is 0.432. The van der Waals surface area contributed by atoms with Gasteiger partial charge in [-0.2, -0.15) is 9.94 Å². The molecule has 0 unspecified atom stereocenters. The predicted molar refractivity (Wildman–Crippen MR) is 130 cm³/mol. The number of hydrogen-bond donors (Lipinski definition) is 0. The van der Waals surface area contributed by atoms with Crippen molar-refractivity contribution in [1.82, 2.24) is 9.77 Å². The molecule has 34 heavy (non-hydrogen) atoms. The van der Waals surface area contributed by atoms with Gasteiger partial charge in [0.05, 0.1) is 38.9 Å². The van der Waals surface area contributed by atoms with Gasteiger partial charge in [0, 0.05) is 19.2 Å². The first-order valence-corrected chi connectivity index (χ1v) is 11.1. The molecule has 3 aromatic rings. The van der Waals surface area contributed by atoms with Gasteiger partial charge in [0.2, 0.25) is 0 Å². The predicted octanol–water partition coefficient (Wildman–Crippen LogP) is 3.18. The Morgan fingerprint density at radius 3 is 2.44 bits per heavy atom. The topological polar surface area (TPSA) is 91.9 Å². The molecule has 0 atom stereocenters. The van der Waals surface area contributed by atoms with Crippen LogP contribution in [0.5, 0.6) is 11.5 Å². The number of nitrogens with zero attached hydrogens (tertiary/aromatic N) is 7. The summed E-state index contributed by atoms with van der Waals surface area (Å²) in [4.78, 5) is 13.3. The maximum Gasteiger partial charge on any atom is 0.303 e. The van der Waals surface area contributed by atoms with Crippen molar-refractivity contribution in [2.24, 2.45) is 17.1 Å². The summed E-state index contributed by atoms with van der Waals surface area (Å²) in [7, 11) is 3.56.